The molecular formula is C49H58ClN5O4S. The van der Waals surface area contributed by atoms with Crippen molar-refractivity contribution in [2.75, 3.05) is 42.9 Å². The van der Waals surface area contributed by atoms with E-state index in [1.54, 1.807) is 24.3 Å². The van der Waals surface area contributed by atoms with Crippen LogP contribution in [0.1, 0.15) is 93.6 Å². The molecule has 316 valence electrons. The number of halogens is 1. The standard InChI is InChI=1S/C49H58ClN5O4S/c1-33-28-41(16-19-45(33)52-32-35-8-6-5-7-9-35)60(57,58)53-48(56)43-17-14-39(30-47(43)59-40-15-18-46-37(29-40)21-23-51-46)55-26-24-54(25-27-55)34(2)42-20-22-49(3,4)31-44(42)36-10-12-38(50)13-11-36/h10-19,21,23,28-30,34-35,51-52H,5-9,20,22,24-27,31-32H2,1-4H3,(H,53,56). The zero-order valence-corrected chi connectivity index (χ0v) is 36.9. The average molecular weight is 849 g/mol. The third kappa shape index (κ3) is 9.56. The number of fused-ring (bicyclic) bond motifs is 1. The average Bonchev–Trinajstić information content (AvgIpc) is 3.71. The van der Waals surface area contributed by atoms with Gasteiger partial charge in [0.15, 0.2) is 0 Å². The maximum absolute atomic E-state index is 14.0. The Labute approximate surface area is 360 Å². The summed E-state index contributed by atoms with van der Waals surface area (Å²) < 4.78 is 36.2. The van der Waals surface area contributed by atoms with E-state index in [1.807, 2.05) is 61.7 Å². The Kier molecular flexibility index (Phi) is 12.4. The van der Waals surface area contributed by atoms with E-state index in [9.17, 15) is 13.2 Å². The molecule has 1 saturated heterocycles. The Morgan fingerprint density at radius 1 is 0.933 bits per heavy atom. The van der Waals surface area contributed by atoms with Crippen LogP contribution in [0.25, 0.3) is 16.5 Å². The number of aromatic nitrogens is 1. The number of anilines is 2. The molecule has 4 aromatic carbocycles. The normalized spacial score (nSPS) is 18.4. The molecule has 1 atom stereocenters. The minimum atomic E-state index is -4.19. The first-order valence-corrected chi connectivity index (χ1v) is 23.5. The highest BCUT2D eigenvalue weighted by atomic mass is 35.5. The predicted octanol–water partition coefficient (Wildman–Crippen LogP) is 11.2. The number of benzene rings is 4. The number of allylic oxidation sites excluding steroid dienone is 1. The second-order valence-corrected chi connectivity index (χ2v) is 20.0. The molecule has 1 aliphatic heterocycles. The van der Waals surface area contributed by atoms with Gasteiger partial charge in [0.1, 0.15) is 11.5 Å². The smallest absolute Gasteiger partial charge is 0.268 e. The van der Waals surface area contributed by atoms with E-state index in [4.69, 9.17) is 16.3 Å². The molecule has 0 radical (unpaired) electrons. The molecule has 1 saturated carbocycles. The van der Waals surface area contributed by atoms with Gasteiger partial charge in [0.2, 0.25) is 0 Å². The van der Waals surface area contributed by atoms with Crippen molar-refractivity contribution in [2.24, 2.45) is 11.3 Å². The SMILES string of the molecule is Cc1cc(S(=O)(=O)NC(=O)c2ccc(N3CCN(C(C)C4=C(c5ccc(Cl)cc5)CC(C)(C)CC4)CC3)cc2Oc2ccc3[nH]ccc3c2)ccc1NCC1CCCCC1. The maximum atomic E-state index is 14.0. The minimum Gasteiger partial charge on any atom is -0.456 e. The van der Waals surface area contributed by atoms with Crippen LogP contribution in [-0.4, -0.2) is 63.0 Å². The van der Waals surface area contributed by atoms with E-state index < -0.39 is 15.9 Å². The van der Waals surface area contributed by atoms with Crippen LogP contribution in [0.5, 0.6) is 11.5 Å². The largest absolute Gasteiger partial charge is 0.456 e. The van der Waals surface area contributed by atoms with Gasteiger partial charge >= 0.3 is 0 Å². The van der Waals surface area contributed by atoms with Gasteiger partial charge < -0.3 is 19.9 Å². The van der Waals surface area contributed by atoms with Crippen LogP contribution in [-0.2, 0) is 10.0 Å². The number of carbonyl (C=O) groups is 1. The molecule has 3 N–H and O–H groups in total. The molecule has 1 aromatic heterocycles. The lowest BCUT2D eigenvalue weighted by Crippen LogP contribution is -2.50. The Hall–Kier alpha value is -4.77. The van der Waals surface area contributed by atoms with Crippen molar-refractivity contribution < 1.29 is 17.9 Å². The van der Waals surface area contributed by atoms with E-state index in [2.05, 4.69) is 57.7 Å². The number of hydrogen-bond donors (Lipinski definition) is 3. The Morgan fingerprint density at radius 2 is 1.70 bits per heavy atom. The predicted molar refractivity (Wildman–Crippen MR) is 245 cm³/mol. The highest BCUT2D eigenvalue weighted by Gasteiger charge is 2.33. The molecule has 5 aromatic rings. The lowest BCUT2D eigenvalue weighted by atomic mass is 9.71. The lowest BCUT2D eigenvalue weighted by molar-refractivity contribution is 0.0979. The van der Waals surface area contributed by atoms with Gasteiger partial charge in [0, 0.05) is 78.3 Å². The zero-order chi connectivity index (χ0) is 42.0. The fourth-order valence-corrected chi connectivity index (χ4v) is 10.6. The number of carbonyl (C=O) groups excluding carboxylic acids is 1. The number of rotatable bonds is 12. The molecule has 0 bridgehead atoms. The quantitative estimate of drug-likeness (QED) is 0.115. The Morgan fingerprint density at radius 3 is 2.45 bits per heavy atom. The number of nitrogens with one attached hydrogen (secondary N) is 3. The van der Waals surface area contributed by atoms with Crippen molar-refractivity contribution in [3.8, 4) is 11.5 Å². The number of aromatic amines is 1. The van der Waals surface area contributed by atoms with Crippen molar-refractivity contribution in [1.29, 1.82) is 0 Å². The Balaban J connectivity index is 0.999. The van der Waals surface area contributed by atoms with Crippen LogP contribution in [0.2, 0.25) is 5.02 Å². The molecule has 1 amide bonds. The molecule has 2 fully saturated rings. The van der Waals surface area contributed by atoms with Gasteiger partial charge in [-0.25, -0.2) is 13.1 Å². The summed E-state index contributed by atoms with van der Waals surface area (Å²) in [6, 6.07) is 26.6. The summed E-state index contributed by atoms with van der Waals surface area (Å²) in [5, 5.41) is 5.24. The van der Waals surface area contributed by atoms with E-state index in [-0.39, 0.29) is 21.6 Å². The highest BCUT2D eigenvalue weighted by Crippen LogP contribution is 2.45. The zero-order valence-electron chi connectivity index (χ0n) is 35.3. The number of H-pyrrole nitrogens is 1. The van der Waals surface area contributed by atoms with Crippen molar-refractivity contribution in [3.05, 3.63) is 118 Å². The fourth-order valence-electron chi connectivity index (χ4n) is 9.38. The molecule has 1 unspecified atom stereocenters. The van der Waals surface area contributed by atoms with Gasteiger partial charge in [0.05, 0.1) is 10.5 Å². The van der Waals surface area contributed by atoms with Gasteiger partial charge in [-0.3, -0.25) is 9.69 Å². The van der Waals surface area contributed by atoms with Crippen molar-refractivity contribution in [1.82, 2.24) is 14.6 Å². The van der Waals surface area contributed by atoms with E-state index in [0.29, 0.717) is 17.7 Å². The van der Waals surface area contributed by atoms with E-state index in [0.717, 1.165) is 84.9 Å². The van der Waals surface area contributed by atoms with Gasteiger partial charge in [-0.15, -0.1) is 0 Å². The first-order valence-electron chi connectivity index (χ1n) is 21.6. The third-order valence-corrected chi connectivity index (χ3v) is 14.6. The molecule has 2 heterocycles. The van der Waals surface area contributed by atoms with Crippen LogP contribution in [0.3, 0.4) is 0 Å². The van der Waals surface area contributed by atoms with E-state index in [1.165, 1.54) is 48.8 Å². The number of nitrogens with zero attached hydrogens (tertiary/aromatic N) is 2. The maximum Gasteiger partial charge on any atom is 0.268 e. The molecule has 0 spiro atoms. The summed E-state index contributed by atoms with van der Waals surface area (Å²) in [5.74, 6) is 0.707. The number of hydrogen-bond acceptors (Lipinski definition) is 7. The second-order valence-electron chi connectivity index (χ2n) is 17.9. The van der Waals surface area contributed by atoms with Crippen molar-refractivity contribution >= 4 is 55.4 Å². The van der Waals surface area contributed by atoms with Gasteiger partial charge in [-0.2, -0.15) is 0 Å². The van der Waals surface area contributed by atoms with E-state index >= 15 is 0 Å². The number of piperazine rings is 1. The molecule has 60 heavy (non-hydrogen) atoms. The van der Waals surface area contributed by atoms with Crippen LogP contribution in [0.4, 0.5) is 11.4 Å². The van der Waals surface area contributed by atoms with Crippen LogP contribution < -0.4 is 19.7 Å². The highest BCUT2D eigenvalue weighted by molar-refractivity contribution is 7.90. The first kappa shape index (κ1) is 41.9. The number of sulfonamides is 1. The van der Waals surface area contributed by atoms with Gasteiger partial charge in [0.25, 0.3) is 15.9 Å². The van der Waals surface area contributed by atoms with Crippen molar-refractivity contribution in [2.45, 2.75) is 90.0 Å². The number of amides is 1. The molecule has 8 rings (SSSR count). The minimum absolute atomic E-state index is 0.0358. The van der Waals surface area contributed by atoms with Crippen LogP contribution in [0.15, 0.2) is 102 Å². The molecule has 9 nitrogen and oxygen atoms in total. The summed E-state index contributed by atoms with van der Waals surface area (Å²) >= 11 is 6.28. The summed E-state index contributed by atoms with van der Waals surface area (Å²) in [6.45, 7) is 13.2. The molecular weight excluding hydrogens is 790 g/mol. The monoisotopic (exact) mass is 847 g/mol. The summed E-state index contributed by atoms with van der Waals surface area (Å²) in [6.07, 6.45) is 11.4. The van der Waals surface area contributed by atoms with Crippen LogP contribution >= 0.6 is 11.6 Å². The molecule has 2 aliphatic carbocycles. The molecule has 3 aliphatic rings. The summed E-state index contributed by atoms with van der Waals surface area (Å²) in [4.78, 5) is 22.1. The molecule has 11 heteroatoms. The Bertz CT molecular complexity index is 2480. The van der Waals surface area contributed by atoms with Gasteiger partial charge in [-0.1, -0.05) is 56.8 Å². The fraction of sp³-hybridized carbons (Fsp3) is 0.408. The van der Waals surface area contributed by atoms with Crippen molar-refractivity contribution in [3.63, 3.8) is 0 Å². The number of aryl methyl sites for hydroxylation is 1. The lowest BCUT2D eigenvalue weighted by Gasteiger charge is -2.43. The first-order chi connectivity index (χ1) is 28.8. The third-order valence-electron chi connectivity index (χ3n) is 13.0. The number of ether oxygens (including phenoxy) is 1. The topological polar surface area (TPSA) is 107 Å². The second kappa shape index (κ2) is 17.7. The summed E-state index contributed by atoms with van der Waals surface area (Å²) in [5.41, 5.74) is 8.19. The summed E-state index contributed by atoms with van der Waals surface area (Å²) in [7, 11) is -4.19. The van der Waals surface area contributed by atoms with Crippen LogP contribution in [0, 0.1) is 18.3 Å². The van der Waals surface area contributed by atoms with Gasteiger partial charge in [-0.05, 0) is 146 Å².